The molecule has 3 heteroatoms. The predicted molar refractivity (Wildman–Crippen MR) is 69.4 cm³/mol. The lowest BCUT2D eigenvalue weighted by Crippen LogP contribution is -2.38. The van der Waals surface area contributed by atoms with Gasteiger partial charge in [0, 0.05) is 17.5 Å². The summed E-state index contributed by atoms with van der Waals surface area (Å²) in [6.07, 6.45) is 2.58. The van der Waals surface area contributed by atoms with Gasteiger partial charge in [0.1, 0.15) is 11.6 Å². The Morgan fingerprint density at radius 3 is 2.61 bits per heavy atom. The van der Waals surface area contributed by atoms with E-state index in [-0.39, 0.29) is 22.9 Å². The zero-order chi connectivity index (χ0) is 13.5. The first kappa shape index (κ1) is 13.5. The van der Waals surface area contributed by atoms with Crippen LogP contribution in [0.15, 0.2) is 12.1 Å². The molecule has 0 amide bonds. The molecule has 1 nitrogen and oxygen atoms in total. The van der Waals surface area contributed by atoms with Gasteiger partial charge in [-0.15, -0.1) is 0 Å². The lowest BCUT2D eigenvalue weighted by atomic mass is 9.68. The molecule has 0 heterocycles. The molecule has 0 aliphatic heterocycles. The fourth-order valence-corrected chi connectivity index (χ4v) is 2.94. The first-order valence-corrected chi connectivity index (χ1v) is 6.52. The summed E-state index contributed by atoms with van der Waals surface area (Å²) in [6.45, 7) is 5.94. The van der Waals surface area contributed by atoms with Crippen molar-refractivity contribution in [2.24, 2.45) is 11.1 Å². The summed E-state index contributed by atoms with van der Waals surface area (Å²) in [4.78, 5) is 0. The number of nitrogens with two attached hydrogens (primary N) is 1. The molecule has 1 aliphatic carbocycles. The zero-order valence-corrected chi connectivity index (χ0v) is 11.3. The van der Waals surface area contributed by atoms with Crippen molar-refractivity contribution in [1.82, 2.24) is 0 Å². The third-order valence-electron chi connectivity index (χ3n) is 4.13. The maximum Gasteiger partial charge on any atom is 0.132 e. The number of rotatable bonds is 1. The minimum atomic E-state index is -0.462. The van der Waals surface area contributed by atoms with Gasteiger partial charge < -0.3 is 5.73 Å². The summed E-state index contributed by atoms with van der Waals surface area (Å²) in [5.74, 6) is -1.10. The van der Waals surface area contributed by atoms with E-state index in [1.807, 2.05) is 0 Å². The van der Waals surface area contributed by atoms with Crippen molar-refractivity contribution in [3.63, 3.8) is 0 Å². The van der Waals surface area contributed by atoms with Crippen LogP contribution in [0.3, 0.4) is 0 Å². The van der Waals surface area contributed by atoms with Crippen LogP contribution in [0.1, 0.15) is 50.2 Å². The Balaban J connectivity index is 2.44. The van der Waals surface area contributed by atoms with Gasteiger partial charge in [0.05, 0.1) is 0 Å². The van der Waals surface area contributed by atoms with Crippen LogP contribution in [0.2, 0.25) is 0 Å². The van der Waals surface area contributed by atoms with Gasteiger partial charge in [-0.2, -0.15) is 0 Å². The van der Waals surface area contributed by atoms with Gasteiger partial charge in [0.15, 0.2) is 0 Å². The highest BCUT2D eigenvalue weighted by molar-refractivity contribution is 5.31. The predicted octanol–water partition coefficient (Wildman–Crippen LogP) is 3.89. The van der Waals surface area contributed by atoms with Crippen LogP contribution >= 0.6 is 0 Å². The Hall–Kier alpha value is -0.960. The van der Waals surface area contributed by atoms with Gasteiger partial charge in [0.2, 0.25) is 0 Å². The molecule has 2 atom stereocenters. The summed E-state index contributed by atoms with van der Waals surface area (Å²) < 4.78 is 28.1. The largest absolute Gasteiger partial charge is 0.327 e. The first-order chi connectivity index (χ1) is 8.32. The second-order valence-electron chi connectivity index (χ2n) is 6.27. The van der Waals surface area contributed by atoms with E-state index in [4.69, 9.17) is 5.73 Å². The van der Waals surface area contributed by atoms with Gasteiger partial charge in [-0.05, 0) is 43.2 Å². The molecule has 0 bridgehead atoms. The number of hydrogen-bond acceptors (Lipinski definition) is 1. The highest BCUT2D eigenvalue weighted by atomic mass is 19.1. The van der Waals surface area contributed by atoms with Gasteiger partial charge in [-0.1, -0.05) is 19.9 Å². The standard InChI is InChI=1S/C15H21F2N/c1-9-4-5-11(16)13(14(9)17)10-8-15(2,3)7-6-12(10)18/h4-5,10,12H,6-8,18H2,1-3H3. The van der Waals surface area contributed by atoms with Crippen molar-refractivity contribution in [3.05, 3.63) is 34.9 Å². The summed E-state index contributed by atoms with van der Waals surface area (Å²) in [5, 5.41) is 0. The molecule has 1 saturated carbocycles. The van der Waals surface area contributed by atoms with E-state index >= 15 is 0 Å². The van der Waals surface area contributed by atoms with E-state index in [0.717, 1.165) is 19.3 Å². The van der Waals surface area contributed by atoms with Gasteiger partial charge in [-0.25, -0.2) is 8.78 Å². The molecule has 100 valence electrons. The van der Waals surface area contributed by atoms with Crippen molar-refractivity contribution in [2.75, 3.05) is 0 Å². The van der Waals surface area contributed by atoms with Crippen LogP contribution in [-0.4, -0.2) is 6.04 Å². The topological polar surface area (TPSA) is 26.0 Å². The Morgan fingerprint density at radius 2 is 1.94 bits per heavy atom. The molecule has 0 spiro atoms. The van der Waals surface area contributed by atoms with Crippen LogP contribution in [0, 0.1) is 24.0 Å². The summed E-state index contributed by atoms with van der Waals surface area (Å²) in [7, 11) is 0. The molecule has 1 fully saturated rings. The monoisotopic (exact) mass is 253 g/mol. The first-order valence-electron chi connectivity index (χ1n) is 6.52. The zero-order valence-electron chi connectivity index (χ0n) is 11.3. The quantitative estimate of drug-likeness (QED) is 0.807. The fraction of sp³-hybridized carbons (Fsp3) is 0.600. The average Bonchev–Trinajstić information content (AvgIpc) is 2.29. The molecule has 0 saturated heterocycles. The van der Waals surface area contributed by atoms with Crippen molar-refractivity contribution in [1.29, 1.82) is 0 Å². The lowest BCUT2D eigenvalue weighted by Gasteiger charge is -2.39. The van der Waals surface area contributed by atoms with Gasteiger partial charge in [0.25, 0.3) is 0 Å². The molecule has 2 N–H and O–H groups in total. The van der Waals surface area contributed by atoms with Crippen LogP contribution in [0.4, 0.5) is 8.78 Å². The summed E-state index contributed by atoms with van der Waals surface area (Å²) in [6, 6.07) is 2.68. The van der Waals surface area contributed by atoms with Gasteiger partial charge in [-0.3, -0.25) is 0 Å². The molecular formula is C15H21F2N. The van der Waals surface area contributed by atoms with E-state index in [2.05, 4.69) is 13.8 Å². The molecule has 1 aromatic carbocycles. The van der Waals surface area contributed by atoms with Crippen molar-refractivity contribution >= 4 is 0 Å². The summed E-state index contributed by atoms with van der Waals surface area (Å²) >= 11 is 0. The number of aryl methyl sites for hydroxylation is 1. The van der Waals surface area contributed by atoms with E-state index in [0.29, 0.717) is 5.56 Å². The highest BCUT2D eigenvalue weighted by Gasteiger charge is 2.36. The van der Waals surface area contributed by atoms with Crippen molar-refractivity contribution in [2.45, 2.75) is 52.0 Å². The van der Waals surface area contributed by atoms with Gasteiger partial charge >= 0.3 is 0 Å². The minimum absolute atomic E-state index is 0.100. The second kappa shape index (κ2) is 4.61. The SMILES string of the molecule is Cc1ccc(F)c(C2CC(C)(C)CCC2N)c1F. The smallest absolute Gasteiger partial charge is 0.132 e. The average molecular weight is 253 g/mol. The van der Waals surface area contributed by atoms with E-state index < -0.39 is 11.6 Å². The van der Waals surface area contributed by atoms with Crippen molar-refractivity contribution < 1.29 is 8.78 Å². The normalized spacial score (nSPS) is 27.2. The Morgan fingerprint density at radius 1 is 1.28 bits per heavy atom. The Bertz CT molecular complexity index is 454. The minimum Gasteiger partial charge on any atom is -0.327 e. The highest BCUT2D eigenvalue weighted by Crippen LogP contribution is 2.44. The molecule has 0 radical (unpaired) electrons. The van der Waals surface area contributed by atoms with Crippen molar-refractivity contribution in [3.8, 4) is 0 Å². The van der Waals surface area contributed by atoms with E-state index in [1.54, 1.807) is 6.92 Å². The molecule has 0 aromatic heterocycles. The fourth-order valence-electron chi connectivity index (χ4n) is 2.94. The number of halogens is 2. The molecule has 18 heavy (non-hydrogen) atoms. The number of hydrogen-bond donors (Lipinski definition) is 1. The Labute approximate surface area is 107 Å². The molecule has 2 unspecified atom stereocenters. The molecule has 1 aliphatic rings. The van der Waals surface area contributed by atoms with Crippen LogP contribution < -0.4 is 5.73 Å². The van der Waals surface area contributed by atoms with Crippen LogP contribution in [0.5, 0.6) is 0 Å². The molecular weight excluding hydrogens is 232 g/mol. The third-order valence-corrected chi connectivity index (χ3v) is 4.13. The second-order valence-corrected chi connectivity index (χ2v) is 6.27. The molecule has 2 rings (SSSR count). The third kappa shape index (κ3) is 2.41. The van der Waals surface area contributed by atoms with Crippen LogP contribution in [0.25, 0.3) is 0 Å². The number of benzene rings is 1. The summed E-state index contributed by atoms with van der Waals surface area (Å²) in [5.41, 5.74) is 6.87. The van der Waals surface area contributed by atoms with E-state index in [9.17, 15) is 8.78 Å². The van der Waals surface area contributed by atoms with E-state index in [1.165, 1.54) is 12.1 Å². The maximum atomic E-state index is 14.2. The molecule has 1 aromatic rings. The maximum absolute atomic E-state index is 14.2. The van der Waals surface area contributed by atoms with Crippen LogP contribution in [-0.2, 0) is 0 Å². The Kier molecular flexibility index (Phi) is 3.45. The lowest BCUT2D eigenvalue weighted by molar-refractivity contribution is 0.193.